The molecular formula is C26H37BClNO6. The second-order valence-electron chi connectivity index (χ2n) is 12.1. The van der Waals surface area contributed by atoms with E-state index < -0.39 is 41.6 Å². The Morgan fingerprint density at radius 2 is 1.51 bits per heavy atom. The van der Waals surface area contributed by atoms with E-state index >= 15 is 0 Å². The van der Waals surface area contributed by atoms with Gasteiger partial charge >= 0.3 is 19.2 Å². The number of fused-ring (bicyclic) bond motifs is 1. The largest absolute Gasteiger partial charge is 0.462 e. The lowest BCUT2D eigenvalue weighted by molar-refractivity contribution is -0.153. The molecule has 0 radical (unpaired) electrons. The predicted molar refractivity (Wildman–Crippen MR) is 138 cm³/mol. The molecule has 1 fully saturated rings. The number of carbonyl (C=O) groups excluding carboxylic acids is 2. The van der Waals surface area contributed by atoms with Crippen LogP contribution in [0.25, 0.3) is 10.9 Å². The molecule has 0 unspecified atom stereocenters. The van der Waals surface area contributed by atoms with Crippen LogP contribution in [-0.4, -0.2) is 46.2 Å². The van der Waals surface area contributed by atoms with Gasteiger partial charge in [0.15, 0.2) is 0 Å². The Labute approximate surface area is 213 Å². The third-order valence-electron chi connectivity index (χ3n) is 6.04. The summed E-state index contributed by atoms with van der Waals surface area (Å²) in [6.07, 6.45) is 1.48. The van der Waals surface area contributed by atoms with Gasteiger partial charge in [-0.1, -0.05) is 11.6 Å². The van der Waals surface area contributed by atoms with Crippen LogP contribution in [-0.2, 0) is 36.3 Å². The molecule has 35 heavy (non-hydrogen) atoms. The molecule has 1 aromatic carbocycles. The molecule has 9 heteroatoms. The van der Waals surface area contributed by atoms with Gasteiger partial charge in [0.25, 0.3) is 0 Å². The molecule has 1 aliphatic heterocycles. The summed E-state index contributed by atoms with van der Waals surface area (Å²) in [6, 6.07) is 3.72. The Balaban J connectivity index is 2.03. The minimum atomic E-state index is -0.692. The summed E-state index contributed by atoms with van der Waals surface area (Å²) in [6.45, 7) is 18.8. The predicted octanol–water partition coefficient (Wildman–Crippen LogP) is 6.14. The maximum absolute atomic E-state index is 13.0. The second-order valence-corrected chi connectivity index (χ2v) is 12.5. The Hall–Kier alpha value is -2.03. The number of rotatable bonds is 4. The van der Waals surface area contributed by atoms with E-state index in [-0.39, 0.29) is 6.42 Å². The van der Waals surface area contributed by atoms with Crippen LogP contribution in [0.5, 0.6) is 0 Å². The summed E-state index contributed by atoms with van der Waals surface area (Å²) >= 11 is 6.71. The number of nitrogens with zero attached hydrogens (tertiary/aromatic N) is 1. The van der Waals surface area contributed by atoms with Gasteiger partial charge in [0.05, 0.1) is 28.2 Å². The Morgan fingerprint density at radius 3 is 2.03 bits per heavy atom. The van der Waals surface area contributed by atoms with E-state index in [0.29, 0.717) is 27.8 Å². The fraction of sp³-hybridized carbons (Fsp3) is 0.615. The molecule has 1 aliphatic rings. The summed E-state index contributed by atoms with van der Waals surface area (Å²) in [5.74, 6) is -0.395. The van der Waals surface area contributed by atoms with E-state index in [1.54, 1.807) is 33.0 Å². The molecule has 0 saturated carbocycles. The van der Waals surface area contributed by atoms with E-state index in [2.05, 4.69) is 0 Å². The van der Waals surface area contributed by atoms with Gasteiger partial charge in [-0.3, -0.25) is 9.36 Å². The van der Waals surface area contributed by atoms with Crippen molar-refractivity contribution < 1.29 is 28.4 Å². The summed E-state index contributed by atoms with van der Waals surface area (Å²) in [5, 5.41) is 1.05. The fourth-order valence-corrected chi connectivity index (χ4v) is 4.26. The lowest BCUT2D eigenvalue weighted by Crippen LogP contribution is -2.41. The summed E-state index contributed by atoms with van der Waals surface area (Å²) < 4.78 is 24.8. The highest BCUT2D eigenvalue weighted by molar-refractivity contribution is 6.45. The van der Waals surface area contributed by atoms with Gasteiger partial charge in [-0.05, 0) is 92.5 Å². The number of halogens is 1. The zero-order valence-electron chi connectivity index (χ0n) is 22.5. The smallest absolute Gasteiger partial charge is 0.460 e. The molecule has 0 N–H and O–H groups in total. The van der Waals surface area contributed by atoms with Crippen LogP contribution in [0.15, 0.2) is 18.3 Å². The van der Waals surface area contributed by atoms with Gasteiger partial charge in [-0.25, -0.2) is 4.79 Å². The lowest BCUT2D eigenvalue weighted by atomic mass is 9.80. The van der Waals surface area contributed by atoms with Gasteiger partial charge in [-0.15, -0.1) is 0 Å². The van der Waals surface area contributed by atoms with E-state index in [0.717, 1.165) is 5.56 Å². The lowest BCUT2D eigenvalue weighted by Gasteiger charge is -2.32. The van der Waals surface area contributed by atoms with Crippen LogP contribution in [0.3, 0.4) is 0 Å². The van der Waals surface area contributed by atoms with Crippen molar-refractivity contribution in [3.8, 4) is 0 Å². The average Bonchev–Trinajstić information content (AvgIpc) is 3.05. The first-order chi connectivity index (χ1) is 15.8. The third kappa shape index (κ3) is 6.40. The van der Waals surface area contributed by atoms with Crippen molar-refractivity contribution in [1.82, 2.24) is 4.57 Å². The average molecular weight is 506 g/mol. The second kappa shape index (κ2) is 9.13. The molecule has 2 heterocycles. The molecule has 0 bridgehead atoms. The first-order valence-electron chi connectivity index (χ1n) is 11.9. The standard InChI is InChI=1S/C26H37BClNO6/c1-23(2,3)32-20(30)13-17-15-29(22(31)33-24(4,5)6)21-18(17)11-16(12-19(21)28)14-27-34-25(7,8)26(9,10)35-27/h11-12,15H,13-14H2,1-10H3. The van der Waals surface area contributed by atoms with Crippen LogP contribution in [0.4, 0.5) is 4.79 Å². The first-order valence-corrected chi connectivity index (χ1v) is 12.3. The molecule has 0 amide bonds. The molecule has 192 valence electrons. The monoisotopic (exact) mass is 505 g/mol. The third-order valence-corrected chi connectivity index (χ3v) is 6.33. The van der Waals surface area contributed by atoms with Gasteiger partial charge in [0.2, 0.25) is 0 Å². The number of hydrogen-bond donors (Lipinski definition) is 0. The normalized spacial score (nSPS) is 17.6. The number of aromatic nitrogens is 1. The highest BCUT2D eigenvalue weighted by atomic mass is 35.5. The molecule has 0 spiro atoms. The van der Waals surface area contributed by atoms with Gasteiger partial charge < -0.3 is 18.8 Å². The maximum atomic E-state index is 13.0. The summed E-state index contributed by atoms with van der Waals surface area (Å²) in [7, 11) is -0.448. The highest BCUT2D eigenvalue weighted by Crippen LogP contribution is 2.38. The van der Waals surface area contributed by atoms with Crippen molar-refractivity contribution in [1.29, 1.82) is 0 Å². The van der Waals surface area contributed by atoms with Crippen molar-refractivity contribution in [2.75, 3.05) is 0 Å². The molecule has 1 saturated heterocycles. The quantitative estimate of drug-likeness (QED) is 0.367. The van der Waals surface area contributed by atoms with Crippen LogP contribution in [0.1, 0.15) is 80.4 Å². The number of hydrogen-bond acceptors (Lipinski definition) is 6. The number of carbonyl (C=O) groups is 2. The molecule has 7 nitrogen and oxygen atoms in total. The van der Waals surface area contributed by atoms with E-state index in [1.807, 2.05) is 54.5 Å². The van der Waals surface area contributed by atoms with Crippen molar-refractivity contribution in [3.05, 3.63) is 34.5 Å². The zero-order valence-corrected chi connectivity index (χ0v) is 23.3. The minimum absolute atomic E-state index is 0.0140. The Morgan fingerprint density at radius 1 is 0.971 bits per heavy atom. The maximum Gasteiger partial charge on any atom is 0.462 e. The van der Waals surface area contributed by atoms with Crippen LogP contribution < -0.4 is 0 Å². The van der Waals surface area contributed by atoms with Crippen LogP contribution in [0.2, 0.25) is 5.02 Å². The number of esters is 1. The fourth-order valence-electron chi connectivity index (χ4n) is 3.92. The topological polar surface area (TPSA) is 76.0 Å². The number of benzene rings is 1. The van der Waals surface area contributed by atoms with Crippen LogP contribution in [0, 0.1) is 0 Å². The molecular weight excluding hydrogens is 469 g/mol. The summed E-state index contributed by atoms with van der Waals surface area (Å²) in [5.41, 5.74) is -0.244. The molecule has 0 atom stereocenters. The van der Waals surface area contributed by atoms with Gasteiger partial charge in [0.1, 0.15) is 11.2 Å². The van der Waals surface area contributed by atoms with E-state index in [9.17, 15) is 9.59 Å². The number of ether oxygens (including phenoxy) is 2. The van der Waals surface area contributed by atoms with Crippen molar-refractivity contribution in [3.63, 3.8) is 0 Å². The van der Waals surface area contributed by atoms with Crippen LogP contribution >= 0.6 is 11.6 Å². The van der Waals surface area contributed by atoms with E-state index in [4.69, 9.17) is 30.4 Å². The van der Waals surface area contributed by atoms with Gasteiger partial charge in [-0.2, -0.15) is 0 Å². The van der Waals surface area contributed by atoms with Crippen molar-refractivity contribution >= 4 is 41.7 Å². The van der Waals surface area contributed by atoms with E-state index in [1.165, 1.54) is 4.57 Å². The summed E-state index contributed by atoms with van der Waals surface area (Å²) in [4.78, 5) is 25.6. The molecule has 0 aliphatic carbocycles. The molecule has 2 aromatic rings. The Bertz CT molecular complexity index is 1120. The van der Waals surface area contributed by atoms with Crippen molar-refractivity contribution in [2.24, 2.45) is 0 Å². The molecule has 1 aromatic heterocycles. The molecule has 3 rings (SSSR count). The minimum Gasteiger partial charge on any atom is -0.460 e. The van der Waals surface area contributed by atoms with Crippen molar-refractivity contribution in [2.45, 2.75) is 104 Å². The zero-order chi connectivity index (χ0) is 26.6. The highest BCUT2D eigenvalue weighted by Gasteiger charge is 2.50. The first kappa shape index (κ1) is 27.6. The SMILES string of the molecule is CC(C)(C)OC(=O)Cc1cn(C(=O)OC(C)(C)C)c2c(Cl)cc(CB3OC(C)(C)C(C)(C)O3)cc12. The van der Waals surface area contributed by atoms with Gasteiger partial charge in [0, 0.05) is 17.9 Å². The Kier molecular flexibility index (Phi) is 7.19.